The molecule has 1 aliphatic carbocycles. The SMILES string of the molecule is CCC12CC[C@H](C)O[C@H]1C(C)(C)C(=O)C(C#N)C2. The van der Waals surface area contributed by atoms with Crippen molar-refractivity contribution in [3.8, 4) is 6.07 Å². The van der Waals surface area contributed by atoms with Crippen LogP contribution in [0.4, 0.5) is 0 Å². The van der Waals surface area contributed by atoms with Crippen LogP contribution >= 0.6 is 0 Å². The predicted molar refractivity (Wildman–Crippen MR) is 68.8 cm³/mol. The van der Waals surface area contributed by atoms with Crippen LogP contribution in [-0.2, 0) is 9.53 Å². The van der Waals surface area contributed by atoms with E-state index in [1.54, 1.807) is 0 Å². The Balaban J connectivity index is 2.42. The van der Waals surface area contributed by atoms with Gasteiger partial charge in [0.25, 0.3) is 0 Å². The number of fused-ring (bicyclic) bond motifs is 1. The van der Waals surface area contributed by atoms with E-state index in [4.69, 9.17) is 4.74 Å². The van der Waals surface area contributed by atoms with E-state index >= 15 is 0 Å². The molecule has 2 aliphatic rings. The first-order valence-electron chi connectivity index (χ1n) is 6.97. The van der Waals surface area contributed by atoms with Crippen molar-refractivity contribution in [1.29, 1.82) is 5.26 Å². The Morgan fingerprint density at radius 3 is 2.72 bits per heavy atom. The minimum Gasteiger partial charge on any atom is -0.374 e. The topological polar surface area (TPSA) is 50.1 Å². The molecule has 2 fully saturated rings. The fourth-order valence-electron chi connectivity index (χ4n) is 3.90. The Labute approximate surface area is 110 Å². The molecule has 2 rings (SSSR count). The fraction of sp³-hybridized carbons (Fsp3) is 0.867. The van der Waals surface area contributed by atoms with E-state index < -0.39 is 11.3 Å². The van der Waals surface area contributed by atoms with Crippen molar-refractivity contribution in [2.24, 2.45) is 16.7 Å². The first kappa shape index (κ1) is 13.5. The van der Waals surface area contributed by atoms with E-state index in [0.717, 1.165) is 19.3 Å². The zero-order valence-corrected chi connectivity index (χ0v) is 11.8. The number of nitriles is 1. The van der Waals surface area contributed by atoms with Crippen molar-refractivity contribution >= 4 is 5.78 Å². The molecule has 0 N–H and O–H groups in total. The molecule has 2 unspecified atom stereocenters. The van der Waals surface area contributed by atoms with Gasteiger partial charge in [0.15, 0.2) is 5.78 Å². The van der Waals surface area contributed by atoms with Crippen molar-refractivity contribution in [2.45, 2.75) is 65.6 Å². The first-order chi connectivity index (χ1) is 8.37. The third-order valence-electron chi connectivity index (χ3n) is 5.05. The van der Waals surface area contributed by atoms with Crippen molar-refractivity contribution in [1.82, 2.24) is 0 Å². The summed E-state index contributed by atoms with van der Waals surface area (Å²) < 4.78 is 6.13. The van der Waals surface area contributed by atoms with Crippen LogP contribution in [0.3, 0.4) is 0 Å². The van der Waals surface area contributed by atoms with E-state index in [-0.39, 0.29) is 23.4 Å². The maximum absolute atomic E-state index is 12.4. The molecule has 1 heterocycles. The summed E-state index contributed by atoms with van der Waals surface area (Å²) in [6.45, 7) is 8.14. The molecule has 0 bridgehead atoms. The zero-order valence-electron chi connectivity index (χ0n) is 11.8. The van der Waals surface area contributed by atoms with Crippen molar-refractivity contribution in [3.05, 3.63) is 0 Å². The minimum absolute atomic E-state index is 0.0182. The van der Waals surface area contributed by atoms with Crippen LogP contribution in [0.1, 0.15) is 53.4 Å². The summed E-state index contributed by atoms with van der Waals surface area (Å²) in [5.41, 5.74) is -0.520. The lowest BCUT2D eigenvalue weighted by atomic mass is 9.54. The molecular weight excluding hydrogens is 226 g/mol. The van der Waals surface area contributed by atoms with Gasteiger partial charge in [0.2, 0.25) is 0 Å². The number of ether oxygens (including phenoxy) is 1. The quantitative estimate of drug-likeness (QED) is 0.717. The maximum Gasteiger partial charge on any atom is 0.158 e. The molecule has 0 radical (unpaired) electrons. The van der Waals surface area contributed by atoms with Gasteiger partial charge in [-0.1, -0.05) is 20.8 Å². The Morgan fingerprint density at radius 1 is 1.50 bits per heavy atom. The maximum atomic E-state index is 12.4. The van der Waals surface area contributed by atoms with E-state index in [1.165, 1.54) is 0 Å². The monoisotopic (exact) mass is 249 g/mol. The van der Waals surface area contributed by atoms with Crippen LogP contribution in [0.5, 0.6) is 0 Å². The molecule has 1 saturated carbocycles. The van der Waals surface area contributed by atoms with Crippen LogP contribution in [0.15, 0.2) is 0 Å². The van der Waals surface area contributed by atoms with Gasteiger partial charge in [-0.05, 0) is 38.0 Å². The molecule has 0 amide bonds. The summed E-state index contributed by atoms with van der Waals surface area (Å²) >= 11 is 0. The number of rotatable bonds is 1. The van der Waals surface area contributed by atoms with Gasteiger partial charge in [-0.25, -0.2) is 0 Å². The second-order valence-electron chi connectivity index (χ2n) is 6.55. The Hall–Kier alpha value is -0.880. The number of nitrogens with zero attached hydrogens (tertiary/aromatic N) is 1. The molecule has 3 heteroatoms. The molecule has 0 aromatic rings. The van der Waals surface area contributed by atoms with Crippen LogP contribution in [0, 0.1) is 28.1 Å². The largest absolute Gasteiger partial charge is 0.374 e. The molecule has 1 aliphatic heterocycles. The van der Waals surface area contributed by atoms with E-state index in [2.05, 4.69) is 19.9 Å². The van der Waals surface area contributed by atoms with Crippen molar-refractivity contribution in [3.63, 3.8) is 0 Å². The van der Waals surface area contributed by atoms with Gasteiger partial charge in [-0.2, -0.15) is 5.26 Å². The van der Waals surface area contributed by atoms with Gasteiger partial charge in [-0.3, -0.25) is 4.79 Å². The minimum atomic E-state index is -0.538. The molecule has 0 aromatic carbocycles. The normalized spacial score (nSPS) is 43.1. The number of ketones is 1. The molecule has 18 heavy (non-hydrogen) atoms. The third-order valence-corrected chi connectivity index (χ3v) is 5.05. The number of carbonyl (C=O) groups excluding carboxylic acids is 1. The lowest BCUT2D eigenvalue weighted by Crippen LogP contribution is -2.60. The molecule has 4 atom stereocenters. The van der Waals surface area contributed by atoms with Gasteiger partial charge < -0.3 is 4.74 Å². The molecule has 0 aromatic heterocycles. The van der Waals surface area contributed by atoms with Crippen LogP contribution < -0.4 is 0 Å². The summed E-state index contributed by atoms with van der Waals surface area (Å²) in [6, 6.07) is 2.21. The predicted octanol–water partition coefficient (Wildman–Crippen LogP) is 3.09. The van der Waals surface area contributed by atoms with Crippen LogP contribution in [0.2, 0.25) is 0 Å². The highest BCUT2D eigenvalue weighted by Gasteiger charge is 2.58. The van der Waals surface area contributed by atoms with Crippen LogP contribution in [-0.4, -0.2) is 18.0 Å². The molecular formula is C15H23NO2. The Kier molecular flexibility index (Phi) is 3.27. The molecule has 3 nitrogen and oxygen atoms in total. The molecule has 100 valence electrons. The second-order valence-corrected chi connectivity index (χ2v) is 6.55. The lowest BCUT2D eigenvalue weighted by molar-refractivity contribution is -0.199. The fourth-order valence-corrected chi connectivity index (χ4v) is 3.90. The third kappa shape index (κ3) is 1.78. The molecule has 0 spiro atoms. The average Bonchev–Trinajstić information content (AvgIpc) is 2.35. The summed E-state index contributed by atoms with van der Waals surface area (Å²) in [5.74, 6) is -0.388. The summed E-state index contributed by atoms with van der Waals surface area (Å²) in [6.07, 6.45) is 3.96. The Morgan fingerprint density at radius 2 is 2.17 bits per heavy atom. The average molecular weight is 249 g/mol. The van der Waals surface area contributed by atoms with Gasteiger partial charge in [-0.15, -0.1) is 0 Å². The number of Topliss-reactive ketones (excluding diaryl/α,β-unsaturated/α-hetero) is 1. The second kappa shape index (κ2) is 4.35. The number of carbonyl (C=O) groups is 1. The Bertz CT molecular complexity index is 396. The molecule has 1 saturated heterocycles. The van der Waals surface area contributed by atoms with E-state index in [0.29, 0.717) is 6.42 Å². The summed E-state index contributed by atoms with van der Waals surface area (Å²) in [5, 5.41) is 9.23. The highest BCUT2D eigenvalue weighted by Crippen LogP contribution is 2.55. The highest BCUT2D eigenvalue weighted by atomic mass is 16.5. The standard InChI is InChI=1S/C15H23NO2/c1-5-15-7-6-10(2)18-13(15)14(3,4)12(17)11(8-15)9-16/h10-11,13H,5-8H2,1-4H3/t10-,11?,13-,15?/m0/s1. The van der Waals surface area contributed by atoms with Crippen molar-refractivity contribution < 1.29 is 9.53 Å². The first-order valence-corrected chi connectivity index (χ1v) is 6.97. The van der Waals surface area contributed by atoms with Gasteiger partial charge >= 0.3 is 0 Å². The van der Waals surface area contributed by atoms with Gasteiger partial charge in [0.05, 0.1) is 23.7 Å². The number of hydrogen-bond donors (Lipinski definition) is 0. The summed E-state index contributed by atoms with van der Waals surface area (Å²) in [4.78, 5) is 12.4. The zero-order chi connectivity index (χ0) is 13.6. The lowest BCUT2D eigenvalue weighted by Gasteiger charge is -2.55. The van der Waals surface area contributed by atoms with Crippen LogP contribution in [0.25, 0.3) is 0 Å². The van der Waals surface area contributed by atoms with Crippen molar-refractivity contribution in [2.75, 3.05) is 0 Å². The van der Waals surface area contributed by atoms with E-state index in [9.17, 15) is 10.1 Å². The number of hydrogen-bond acceptors (Lipinski definition) is 3. The van der Waals surface area contributed by atoms with Gasteiger partial charge in [0.1, 0.15) is 5.92 Å². The van der Waals surface area contributed by atoms with Gasteiger partial charge in [0, 0.05) is 0 Å². The highest BCUT2D eigenvalue weighted by molar-refractivity contribution is 5.90. The van der Waals surface area contributed by atoms with E-state index in [1.807, 2.05) is 13.8 Å². The summed E-state index contributed by atoms with van der Waals surface area (Å²) in [7, 11) is 0. The smallest absolute Gasteiger partial charge is 0.158 e.